The molecule has 0 aliphatic rings. The topological polar surface area (TPSA) is 80.1 Å². The molecule has 2 N–H and O–H groups in total. The van der Waals surface area contributed by atoms with Gasteiger partial charge in [-0.25, -0.2) is 4.98 Å². The van der Waals surface area contributed by atoms with Crippen molar-refractivity contribution in [1.82, 2.24) is 14.5 Å². The molecule has 0 aliphatic heterocycles. The smallest absolute Gasteiger partial charge is 0.251 e. The van der Waals surface area contributed by atoms with Crippen molar-refractivity contribution in [3.63, 3.8) is 0 Å². The number of nitrogens with one attached hydrogen (secondary N) is 1. The van der Waals surface area contributed by atoms with Gasteiger partial charge in [0.25, 0.3) is 5.56 Å². The van der Waals surface area contributed by atoms with Gasteiger partial charge < -0.3 is 19.4 Å². The number of imidazole rings is 1. The number of aryl methyl sites for hydroxylation is 1. The molecule has 3 aromatic carbocycles. The first-order valence-corrected chi connectivity index (χ1v) is 10.6. The molecule has 0 radical (unpaired) electrons. The van der Waals surface area contributed by atoms with Gasteiger partial charge in [-0.2, -0.15) is 0 Å². The number of phenols is 1. The van der Waals surface area contributed by atoms with Crippen LogP contribution >= 0.6 is 0 Å². The van der Waals surface area contributed by atoms with Crippen LogP contribution < -0.4 is 5.56 Å². The molecule has 0 fully saturated rings. The highest BCUT2D eigenvalue weighted by Gasteiger charge is 2.38. The van der Waals surface area contributed by atoms with Crippen molar-refractivity contribution < 1.29 is 9.84 Å². The Kier molecular flexibility index (Phi) is 5.07. The molecule has 6 nitrogen and oxygen atoms in total. The van der Waals surface area contributed by atoms with E-state index < -0.39 is 5.60 Å². The summed E-state index contributed by atoms with van der Waals surface area (Å²) in [6, 6.07) is 24.5. The fourth-order valence-electron chi connectivity index (χ4n) is 4.53. The highest BCUT2D eigenvalue weighted by atomic mass is 16.5. The lowest BCUT2D eigenvalue weighted by Crippen LogP contribution is -2.32. The molecule has 0 aliphatic carbocycles. The molecule has 0 saturated heterocycles. The number of pyridine rings is 1. The standard InChI is InChI=1S/C27H23N3O3/c1-30-24-12-11-20(14-23(24)22(15-26(30)32)18-7-4-3-5-8-18)27(33-2,25-16-28-17-29-25)19-9-6-10-21(31)13-19/h3-17,31H,1-2H3,(H,28,29). The van der Waals surface area contributed by atoms with Crippen LogP contribution in [0.15, 0.2) is 96.2 Å². The zero-order valence-corrected chi connectivity index (χ0v) is 18.3. The zero-order valence-electron chi connectivity index (χ0n) is 18.3. The van der Waals surface area contributed by atoms with Gasteiger partial charge in [0.1, 0.15) is 5.75 Å². The Morgan fingerprint density at radius 3 is 2.45 bits per heavy atom. The molecule has 33 heavy (non-hydrogen) atoms. The SMILES string of the molecule is COC(c1cccc(O)c1)(c1ccc2c(c1)c(-c1ccccc1)cc(=O)n2C)c1cnc[nH]1. The molecule has 2 aromatic heterocycles. The Morgan fingerprint density at radius 2 is 1.76 bits per heavy atom. The van der Waals surface area contributed by atoms with Crippen molar-refractivity contribution in [2.45, 2.75) is 5.60 Å². The number of phenolic OH excluding ortho intramolecular Hbond substituents is 1. The number of fused-ring (bicyclic) bond motifs is 1. The lowest BCUT2D eigenvalue weighted by Gasteiger charge is -2.33. The Balaban J connectivity index is 1.86. The molecule has 0 bridgehead atoms. The lowest BCUT2D eigenvalue weighted by molar-refractivity contribution is 0.0551. The van der Waals surface area contributed by atoms with E-state index in [0.717, 1.165) is 38.9 Å². The molecule has 164 valence electrons. The highest BCUT2D eigenvalue weighted by molar-refractivity contribution is 5.95. The number of aromatic hydroxyl groups is 1. The van der Waals surface area contributed by atoms with Gasteiger partial charge in [-0.1, -0.05) is 48.5 Å². The Bertz CT molecular complexity index is 1490. The molecule has 0 amide bonds. The molecule has 1 unspecified atom stereocenters. The molecule has 0 saturated carbocycles. The largest absolute Gasteiger partial charge is 0.508 e. The molecule has 2 heterocycles. The number of hydrogen-bond acceptors (Lipinski definition) is 4. The molecular weight excluding hydrogens is 414 g/mol. The van der Waals surface area contributed by atoms with Crippen molar-refractivity contribution in [3.05, 3.63) is 119 Å². The van der Waals surface area contributed by atoms with E-state index in [4.69, 9.17) is 4.74 Å². The van der Waals surface area contributed by atoms with Gasteiger partial charge >= 0.3 is 0 Å². The van der Waals surface area contributed by atoms with Crippen molar-refractivity contribution in [2.24, 2.45) is 7.05 Å². The average Bonchev–Trinajstić information content (AvgIpc) is 3.38. The van der Waals surface area contributed by atoms with Crippen molar-refractivity contribution in [3.8, 4) is 16.9 Å². The number of hydrogen-bond donors (Lipinski definition) is 2. The first-order chi connectivity index (χ1) is 16.0. The minimum Gasteiger partial charge on any atom is -0.508 e. The monoisotopic (exact) mass is 437 g/mol. The van der Waals surface area contributed by atoms with Crippen LogP contribution in [0.5, 0.6) is 5.75 Å². The fraction of sp³-hybridized carbons (Fsp3) is 0.111. The summed E-state index contributed by atoms with van der Waals surface area (Å²) in [5, 5.41) is 11.1. The lowest BCUT2D eigenvalue weighted by atomic mass is 9.82. The predicted molar refractivity (Wildman–Crippen MR) is 128 cm³/mol. The quantitative estimate of drug-likeness (QED) is 0.422. The maximum Gasteiger partial charge on any atom is 0.251 e. The second-order valence-electron chi connectivity index (χ2n) is 7.95. The zero-order chi connectivity index (χ0) is 23.0. The fourth-order valence-corrected chi connectivity index (χ4v) is 4.53. The minimum absolute atomic E-state index is 0.0753. The molecule has 6 heteroatoms. The Labute approximate surface area is 190 Å². The Morgan fingerprint density at radius 1 is 0.970 bits per heavy atom. The highest BCUT2D eigenvalue weighted by Crippen LogP contribution is 2.41. The second-order valence-corrected chi connectivity index (χ2v) is 7.95. The van der Waals surface area contributed by atoms with Crippen molar-refractivity contribution in [1.29, 1.82) is 0 Å². The van der Waals surface area contributed by atoms with E-state index in [2.05, 4.69) is 9.97 Å². The number of benzene rings is 3. The summed E-state index contributed by atoms with van der Waals surface area (Å²) in [5.74, 6) is 0.140. The van der Waals surface area contributed by atoms with Crippen LogP contribution in [0.2, 0.25) is 0 Å². The summed E-state index contributed by atoms with van der Waals surface area (Å²) < 4.78 is 7.85. The molecule has 5 aromatic rings. The normalized spacial score (nSPS) is 13.2. The van der Waals surface area contributed by atoms with E-state index in [0.29, 0.717) is 0 Å². The first kappa shape index (κ1) is 20.7. The van der Waals surface area contributed by atoms with Crippen molar-refractivity contribution >= 4 is 10.9 Å². The third kappa shape index (κ3) is 3.32. The molecular formula is C27H23N3O3. The summed E-state index contributed by atoms with van der Waals surface area (Å²) in [5.41, 5.74) is 3.81. The van der Waals surface area contributed by atoms with Crippen LogP contribution in [0, 0.1) is 0 Å². The maximum atomic E-state index is 12.7. The summed E-state index contributed by atoms with van der Waals surface area (Å²) in [6.07, 6.45) is 3.32. The van der Waals surface area contributed by atoms with Gasteiger partial charge in [0.2, 0.25) is 0 Å². The van der Waals surface area contributed by atoms with Crippen LogP contribution in [0.1, 0.15) is 16.8 Å². The van der Waals surface area contributed by atoms with E-state index in [-0.39, 0.29) is 11.3 Å². The van der Waals surface area contributed by atoms with Crippen LogP contribution in [0.3, 0.4) is 0 Å². The van der Waals surface area contributed by atoms with E-state index in [1.807, 2.05) is 54.6 Å². The third-order valence-corrected chi connectivity index (χ3v) is 6.17. The van der Waals surface area contributed by atoms with E-state index in [1.165, 1.54) is 0 Å². The van der Waals surface area contributed by atoms with Gasteiger partial charge in [0, 0.05) is 25.6 Å². The number of aromatic nitrogens is 3. The third-order valence-electron chi connectivity index (χ3n) is 6.17. The number of methoxy groups -OCH3 is 1. The van der Waals surface area contributed by atoms with Crippen LogP contribution in [0.4, 0.5) is 0 Å². The molecule has 1 atom stereocenters. The summed E-state index contributed by atoms with van der Waals surface area (Å²) in [4.78, 5) is 20.1. The van der Waals surface area contributed by atoms with Crippen molar-refractivity contribution in [2.75, 3.05) is 7.11 Å². The number of ether oxygens (including phenoxy) is 1. The molecule has 5 rings (SSSR count). The Hall–Kier alpha value is -4.16. The van der Waals surface area contributed by atoms with E-state index in [1.54, 1.807) is 55.5 Å². The first-order valence-electron chi connectivity index (χ1n) is 10.6. The summed E-state index contributed by atoms with van der Waals surface area (Å²) in [7, 11) is 3.40. The van der Waals surface area contributed by atoms with Gasteiger partial charge in [-0.3, -0.25) is 4.79 Å². The average molecular weight is 437 g/mol. The summed E-state index contributed by atoms with van der Waals surface area (Å²) >= 11 is 0. The second kappa shape index (κ2) is 8.07. The van der Waals surface area contributed by atoms with Gasteiger partial charge in [0.05, 0.1) is 23.7 Å². The minimum atomic E-state index is -1.05. The maximum absolute atomic E-state index is 12.7. The van der Waals surface area contributed by atoms with E-state index in [9.17, 15) is 9.90 Å². The van der Waals surface area contributed by atoms with Crippen LogP contribution in [-0.2, 0) is 17.4 Å². The summed E-state index contributed by atoms with van der Waals surface area (Å²) in [6.45, 7) is 0. The van der Waals surface area contributed by atoms with Gasteiger partial charge in [0.15, 0.2) is 5.60 Å². The predicted octanol–water partition coefficient (Wildman–Crippen LogP) is 4.57. The number of H-pyrrole nitrogens is 1. The number of nitrogens with zero attached hydrogens (tertiary/aromatic N) is 2. The molecule has 0 spiro atoms. The number of rotatable bonds is 5. The van der Waals surface area contributed by atoms with E-state index >= 15 is 0 Å². The van der Waals surface area contributed by atoms with Gasteiger partial charge in [-0.05, 0) is 46.5 Å². The number of aromatic amines is 1. The van der Waals surface area contributed by atoms with Gasteiger partial charge in [-0.15, -0.1) is 0 Å². The van der Waals surface area contributed by atoms with Crippen LogP contribution in [-0.4, -0.2) is 26.8 Å². The van der Waals surface area contributed by atoms with Crippen LogP contribution in [0.25, 0.3) is 22.0 Å².